The van der Waals surface area contributed by atoms with Gasteiger partial charge in [0.1, 0.15) is 10.6 Å². The summed E-state index contributed by atoms with van der Waals surface area (Å²) in [6.07, 6.45) is 2.10. The third-order valence-electron chi connectivity index (χ3n) is 5.33. The second-order valence-corrected chi connectivity index (χ2v) is 8.29. The summed E-state index contributed by atoms with van der Waals surface area (Å²) in [6, 6.07) is 7.03. The predicted molar refractivity (Wildman–Crippen MR) is 113 cm³/mol. The number of likely N-dealkylation sites (tertiary alicyclic amines) is 1. The minimum absolute atomic E-state index is 0.0666. The summed E-state index contributed by atoms with van der Waals surface area (Å²) in [4.78, 5) is 25.1. The van der Waals surface area contributed by atoms with Gasteiger partial charge in [0.2, 0.25) is 5.28 Å². The Bertz CT molecular complexity index is 1030. The Balaban J connectivity index is 1.82. The lowest BCUT2D eigenvalue weighted by atomic mass is 10.0. The lowest BCUT2D eigenvalue weighted by molar-refractivity contribution is -0.384. The molecule has 0 N–H and O–H groups in total. The number of non-ortho nitro benzene ring substituents is 1. The Kier molecular flexibility index (Phi) is 5.18. The number of thiophene rings is 1. The number of anilines is 1. The molecule has 1 aromatic carbocycles. The number of aromatic nitrogens is 2. The molecule has 1 saturated heterocycles. The third kappa shape index (κ3) is 3.55. The molecule has 0 bridgehead atoms. The van der Waals surface area contributed by atoms with Gasteiger partial charge in [0, 0.05) is 36.2 Å². The maximum absolute atomic E-state index is 11.2. The SMILES string of the molecule is CN1CCC(N(C)c2nc(Cl)nc3scc(-c4cccc([N+](=O)[O-])c4)c23)CC1. The van der Waals surface area contributed by atoms with E-state index in [0.717, 1.165) is 53.1 Å². The molecule has 4 rings (SSSR count). The van der Waals surface area contributed by atoms with Crippen LogP contribution in [0.2, 0.25) is 5.28 Å². The molecule has 2 aromatic heterocycles. The molecule has 28 heavy (non-hydrogen) atoms. The van der Waals surface area contributed by atoms with Gasteiger partial charge in [0.25, 0.3) is 5.69 Å². The molecule has 0 spiro atoms. The summed E-state index contributed by atoms with van der Waals surface area (Å²) in [7, 11) is 4.18. The zero-order chi connectivity index (χ0) is 19.8. The zero-order valence-corrected chi connectivity index (χ0v) is 17.2. The van der Waals surface area contributed by atoms with Crippen LogP contribution in [-0.2, 0) is 0 Å². The van der Waals surface area contributed by atoms with E-state index in [-0.39, 0.29) is 15.9 Å². The maximum atomic E-state index is 11.2. The Hall–Kier alpha value is -2.29. The van der Waals surface area contributed by atoms with Crippen molar-refractivity contribution in [2.75, 3.05) is 32.1 Å². The fourth-order valence-corrected chi connectivity index (χ4v) is 4.86. The predicted octanol–water partition coefficient (Wildman–Crippen LogP) is 4.45. The molecule has 3 heterocycles. The Morgan fingerprint density at radius 2 is 2.07 bits per heavy atom. The summed E-state index contributed by atoms with van der Waals surface area (Å²) >= 11 is 7.69. The molecule has 1 aliphatic heterocycles. The lowest BCUT2D eigenvalue weighted by Gasteiger charge is -2.36. The molecule has 0 amide bonds. The van der Waals surface area contributed by atoms with Gasteiger partial charge >= 0.3 is 0 Å². The Morgan fingerprint density at radius 1 is 1.32 bits per heavy atom. The molecule has 9 heteroatoms. The van der Waals surface area contributed by atoms with Crippen LogP contribution in [0, 0.1) is 10.1 Å². The number of fused-ring (bicyclic) bond motifs is 1. The topological polar surface area (TPSA) is 75.4 Å². The largest absolute Gasteiger partial charge is 0.356 e. The summed E-state index contributed by atoms with van der Waals surface area (Å²) < 4.78 is 0. The summed E-state index contributed by atoms with van der Waals surface area (Å²) in [5.41, 5.74) is 1.75. The number of hydrogen-bond donors (Lipinski definition) is 0. The van der Waals surface area contributed by atoms with Crippen molar-refractivity contribution in [3.05, 3.63) is 45.0 Å². The number of benzene rings is 1. The van der Waals surface area contributed by atoms with Crippen LogP contribution in [0.25, 0.3) is 21.3 Å². The van der Waals surface area contributed by atoms with E-state index in [9.17, 15) is 10.1 Å². The Morgan fingerprint density at radius 3 is 2.79 bits per heavy atom. The monoisotopic (exact) mass is 417 g/mol. The van der Waals surface area contributed by atoms with Crippen molar-refractivity contribution in [3.63, 3.8) is 0 Å². The average Bonchev–Trinajstić information content (AvgIpc) is 3.11. The van der Waals surface area contributed by atoms with Gasteiger partial charge in [-0.2, -0.15) is 4.98 Å². The van der Waals surface area contributed by atoms with Crippen molar-refractivity contribution >= 4 is 44.7 Å². The number of nitro groups is 1. The number of halogens is 1. The molecular weight excluding hydrogens is 398 g/mol. The maximum Gasteiger partial charge on any atom is 0.270 e. The molecule has 0 atom stereocenters. The number of nitrogens with zero attached hydrogens (tertiary/aromatic N) is 5. The van der Waals surface area contributed by atoms with Gasteiger partial charge in [-0.15, -0.1) is 11.3 Å². The highest BCUT2D eigenvalue weighted by atomic mass is 35.5. The molecule has 146 valence electrons. The van der Waals surface area contributed by atoms with E-state index in [0.29, 0.717) is 6.04 Å². The second-order valence-electron chi connectivity index (χ2n) is 7.10. The van der Waals surface area contributed by atoms with E-state index < -0.39 is 0 Å². The number of rotatable bonds is 4. The smallest absolute Gasteiger partial charge is 0.270 e. The van der Waals surface area contributed by atoms with Crippen molar-refractivity contribution in [1.29, 1.82) is 0 Å². The Labute approximate surface area is 171 Å². The van der Waals surface area contributed by atoms with Gasteiger partial charge in [0.05, 0.1) is 10.3 Å². The first-order valence-electron chi connectivity index (χ1n) is 9.05. The average molecular weight is 418 g/mol. The number of piperidine rings is 1. The molecule has 0 aliphatic carbocycles. The van der Waals surface area contributed by atoms with E-state index >= 15 is 0 Å². The van der Waals surface area contributed by atoms with Crippen LogP contribution < -0.4 is 4.90 Å². The molecule has 1 fully saturated rings. The highest BCUT2D eigenvalue weighted by Gasteiger charge is 2.25. The highest BCUT2D eigenvalue weighted by molar-refractivity contribution is 7.17. The molecule has 0 unspecified atom stereocenters. The highest BCUT2D eigenvalue weighted by Crippen LogP contribution is 2.40. The summed E-state index contributed by atoms with van der Waals surface area (Å²) in [5.74, 6) is 0.785. The first-order valence-corrected chi connectivity index (χ1v) is 10.3. The van der Waals surface area contributed by atoms with E-state index in [1.54, 1.807) is 12.1 Å². The molecule has 7 nitrogen and oxygen atoms in total. The van der Waals surface area contributed by atoms with Crippen molar-refractivity contribution in [2.45, 2.75) is 18.9 Å². The second kappa shape index (κ2) is 7.62. The van der Waals surface area contributed by atoms with Crippen LogP contribution in [0.5, 0.6) is 0 Å². The summed E-state index contributed by atoms with van der Waals surface area (Å²) in [5, 5.41) is 14.3. The van der Waals surface area contributed by atoms with Crippen LogP contribution in [0.4, 0.5) is 11.5 Å². The van der Waals surface area contributed by atoms with E-state index in [1.807, 2.05) is 18.5 Å². The van der Waals surface area contributed by atoms with Crippen LogP contribution in [0.1, 0.15) is 12.8 Å². The van der Waals surface area contributed by atoms with Crippen LogP contribution >= 0.6 is 22.9 Å². The van der Waals surface area contributed by atoms with Crippen molar-refractivity contribution in [1.82, 2.24) is 14.9 Å². The standard InChI is InChI=1S/C19H20ClN5O2S/c1-23-8-6-13(7-9-23)24(2)17-16-15(11-28-18(16)22-19(20)21-17)12-4-3-5-14(10-12)25(26)27/h3-5,10-11,13H,6-9H2,1-2H3. The third-order valence-corrected chi connectivity index (χ3v) is 6.37. The van der Waals surface area contributed by atoms with Gasteiger partial charge in [-0.3, -0.25) is 10.1 Å². The summed E-state index contributed by atoms with van der Waals surface area (Å²) in [6.45, 7) is 2.08. The fraction of sp³-hybridized carbons (Fsp3) is 0.368. The fourth-order valence-electron chi connectivity index (χ4n) is 3.71. The lowest BCUT2D eigenvalue weighted by Crippen LogP contribution is -2.42. The van der Waals surface area contributed by atoms with Gasteiger partial charge in [-0.25, -0.2) is 4.98 Å². The van der Waals surface area contributed by atoms with Gasteiger partial charge in [0.15, 0.2) is 0 Å². The number of hydrogen-bond acceptors (Lipinski definition) is 7. The van der Waals surface area contributed by atoms with E-state index in [2.05, 4.69) is 26.8 Å². The zero-order valence-electron chi connectivity index (χ0n) is 15.6. The van der Waals surface area contributed by atoms with Crippen molar-refractivity contribution in [2.24, 2.45) is 0 Å². The van der Waals surface area contributed by atoms with Crippen LogP contribution in [0.15, 0.2) is 29.6 Å². The van der Waals surface area contributed by atoms with Crippen LogP contribution in [0.3, 0.4) is 0 Å². The molecule has 3 aromatic rings. The number of nitro benzene ring substituents is 1. The van der Waals surface area contributed by atoms with Crippen LogP contribution in [-0.4, -0.2) is 53.0 Å². The van der Waals surface area contributed by atoms with Crippen molar-refractivity contribution < 1.29 is 4.92 Å². The minimum Gasteiger partial charge on any atom is -0.356 e. The van der Waals surface area contributed by atoms with E-state index in [1.165, 1.54) is 17.4 Å². The molecular formula is C19H20ClN5O2S. The first kappa shape index (κ1) is 19.0. The van der Waals surface area contributed by atoms with Crippen molar-refractivity contribution in [3.8, 4) is 11.1 Å². The van der Waals surface area contributed by atoms with E-state index in [4.69, 9.17) is 11.6 Å². The quantitative estimate of drug-likeness (QED) is 0.354. The molecule has 0 saturated carbocycles. The molecule has 1 aliphatic rings. The normalized spacial score (nSPS) is 15.8. The van der Waals surface area contributed by atoms with Gasteiger partial charge < -0.3 is 9.80 Å². The van der Waals surface area contributed by atoms with Gasteiger partial charge in [-0.1, -0.05) is 12.1 Å². The minimum atomic E-state index is -0.378. The first-order chi connectivity index (χ1) is 13.4. The molecule has 0 radical (unpaired) electrons. The van der Waals surface area contributed by atoms with Gasteiger partial charge in [-0.05, 0) is 50.1 Å².